The van der Waals surface area contributed by atoms with E-state index < -0.39 is 11.1 Å². The van der Waals surface area contributed by atoms with E-state index in [1.54, 1.807) is 43.8 Å². The highest BCUT2D eigenvalue weighted by Crippen LogP contribution is 2.14. The normalized spacial score (nSPS) is 10.6. The average Bonchev–Trinajstić information content (AvgIpc) is 2.59. The first kappa shape index (κ1) is 16.1. The summed E-state index contributed by atoms with van der Waals surface area (Å²) >= 11 is 5.94. The van der Waals surface area contributed by atoms with Crippen molar-refractivity contribution in [3.8, 4) is 11.4 Å². The Morgan fingerprint density at radius 3 is 2.54 bits per heavy atom. The number of hydrogen-bond donors (Lipinski definition) is 0. The number of nitrogens with zero attached hydrogens (tertiary/aromatic N) is 2. The molecule has 0 aliphatic carbocycles. The third-order valence-electron chi connectivity index (χ3n) is 3.63. The van der Waals surface area contributed by atoms with Gasteiger partial charge in [0.05, 0.1) is 19.3 Å². The van der Waals surface area contributed by atoms with Gasteiger partial charge in [-0.1, -0.05) is 29.8 Å². The van der Waals surface area contributed by atoms with Gasteiger partial charge in [-0.2, -0.15) is 0 Å². The van der Waals surface area contributed by atoms with Crippen molar-refractivity contribution in [3.63, 3.8) is 0 Å². The summed E-state index contributed by atoms with van der Waals surface area (Å²) in [6, 6.07) is 14.2. The second-order valence-electron chi connectivity index (χ2n) is 5.24. The number of hydrogen-bond acceptors (Lipinski definition) is 3. The van der Waals surface area contributed by atoms with Crippen LogP contribution in [0.25, 0.3) is 5.69 Å². The average molecular weight is 343 g/mol. The lowest BCUT2D eigenvalue weighted by molar-refractivity contribution is 0.414. The molecule has 0 saturated carbocycles. The Kier molecular flexibility index (Phi) is 4.53. The van der Waals surface area contributed by atoms with Crippen LogP contribution in [-0.2, 0) is 6.54 Å². The van der Waals surface area contributed by atoms with Gasteiger partial charge in [0, 0.05) is 17.4 Å². The lowest BCUT2D eigenvalue weighted by Gasteiger charge is -2.10. The molecule has 0 N–H and O–H groups in total. The highest BCUT2D eigenvalue weighted by atomic mass is 35.5. The van der Waals surface area contributed by atoms with Crippen molar-refractivity contribution in [2.24, 2.45) is 0 Å². The fourth-order valence-corrected chi connectivity index (χ4v) is 2.61. The molecule has 6 heteroatoms. The lowest BCUT2D eigenvalue weighted by Crippen LogP contribution is -2.40. The first-order chi connectivity index (χ1) is 11.6. The summed E-state index contributed by atoms with van der Waals surface area (Å²) < 4.78 is 7.83. The van der Waals surface area contributed by atoms with Crippen molar-refractivity contribution in [3.05, 3.63) is 92.2 Å². The van der Waals surface area contributed by atoms with Crippen LogP contribution in [0.4, 0.5) is 0 Å². The van der Waals surface area contributed by atoms with E-state index in [1.165, 1.54) is 9.13 Å². The van der Waals surface area contributed by atoms with Gasteiger partial charge in [0.25, 0.3) is 0 Å². The Bertz CT molecular complexity index is 992. The highest BCUT2D eigenvalue weighted by molar-refractivity contribution is 6.30. The van der Waals surface area contributed by atoms with Crippen molar-refractivity contribution in [1.29, 1.82) is 0 Å². The molecule has 5 nitrogen and oxygen atoms in total. The molecule has 0 aliphatic rings. The van der Waals surface area contributed by atoms with Gasteiger partial charge in [0.1, 0.15) is 5.75 Å². The zero-order valence-electron chi connectivity index (χ0n) is 13.0. The highest BCUT2D eigenvalue weighted by Gasteiger charge is 2.08. The lowest BCUT2D eigenvalue weighted by atomic mass is 10.2. The Morgan fingerprint density at radius 1 is 1.00 bits per heavy atom. The van der Waals surface area contributed by atoms with Gasteiger partial charge in [-0.25, -0.2) is 0 Å². The van der Waals surface area contributed by atoms with E-state index in [2.05, 4.69) is 0 Å². The summed E-state index contributed by atoms with van der Waals surface area (Å²) in [4.78, 5) is 24.7. The maximum atomic E-state index is 12.4. The molecule has 0 bridgehead atoms. The molecule has 0 aliphatic heterocycles. The van der Waals surface area contributed by atoms with E-state index in [0.717, 1.165) is 5.56 Å². The van der Waals surface area contributed by atoms with Crippen molar-refractivity contribution >= 4 is 11.6 Å². The molecule has 2 aromatic carbocycles. The molecule has 1 heterocycles. The third kappa shape index (κ3) is 3.26. The molecule has 0 radical (unpaired) electrons. The minimum Gasteiger partial charge on any atom is -0.497 e. The van der Waals surface area contributed by atoms with Crippen molar-refractivity contribution < 1.29 is 4.74 Å². The molecule has 1 aromatic heterocycles. The second kappa shape index (κ2) is 6.76. The van der Waals surface area contributed by atoms with Gasteiger partial charge >= 0.3 is 11.1 Å². The van der Waals surface area contributed by atoms with Crippen LogP contribution in [0.5, 0.6) is 5.75 Å². The fourth-order valence-electron chi connectivity index (χ4n) is 2.43. The molecule has 0 spiro atoms. The van der Waals surface area contributed by atoms with Gasteiger partial charge in [0.2, 0.25) is 0 Å². The van der Waals surface area contributed by atoms with Crippen LogP contribution >= 0.6 is 11.6 Å². The Morgan fingerprint density at radius 2 is 1.79 bits per heavy atom. The van der Waals surface area contributed by atoms with E-state index in [1.807, 2.05) is 24.3 Å². The predicted octanol–water partition coefficient (Wildman–Crippen LogP) is 2.71. The Balaban J connectivity index is 1.99. The van der Waals surface area contributed by atoms with E-state index >= 15 is 0 Å². The molecule has 122 valence electrons. The number of halogens is 1. The second-order valence-corrected chi connectivity index (χ2v) is 5.67. The number of ether oxygens (including phenoxy) is 1. The SMILES string of the molecule is COc1cccc(Cn2ccn(-c3cccc(Cl)c3)c(=O)c2=O)c1. The van der Waals surface area contributed by atoms with Crippen molar-refractivity contribution in [1.82, 2.24) is 9.13 Å². The van der Waals surface area contributed by atoms with Crippen LogP contribution in [0.15, 0.2) is 70.5 Å². The smallest absolute Gasteiger partial charge is 0.320 e. The molecule has 0 unspecified atom stereocenters. The van der Waals surface area contributed by atoms with E-state index in [0.29, 0.717) is 23.0 Å². The summed E-state index contributed by atoms with van der Waals surface area (Å²) in [6.45, 7) is 0.293. The number of methoxy groups -OCH3 is 1. The van der Waals surface area contributed by atoms with Crippen LogP contribution < -0.4 is 15.9 Å². The monoisotopic (exact) mass is 342 g/mol. The summed E-state index contributed by atoms with van der Waals surface area (Å²) in [6.07, 6.45) is 3.15. The van der Waals surface area contributed by atoms with Gasteiger partial charge in [-0.15, -0.1) is 0 Å². The molecule has 0 fully saturated rings. The molecule has 24 heavy (non-hydrogen) atoms. The quantitative estimate of drug-likeness (QED) is 0.685. The van der Waals surface area contributed by atoms with E-state index in [9.17, 15) is 9.59 Å². The first-order valence-electron chi connectivity index (χ1n) is 7.29. The number of rotatable bonds is 4. The molecule has 0 amide bonds. The fraction of sp³-hybridized carbons (Fsp3) is 0.111. The van der Waals surface area contributed by atoms with Gasteiger partial charge in [-0.3, -0.25) is 14.2 Å². The largest absolute Gasteiger partial charge is 0.497 e. The van der Waals surface area contributed by atoms with Crippen molar-refractivity contribution in [2.75, 3.05) is 7.11 Å². The molecule has 0 saturated heterocycles. The van der Waals surface area contributed by atoms with Crippen LogP contribution in [0.2, 0.25) is 5.02 Å². The number of benzene rings is 2. The number of aromatic nitrogens is 2. The molecule has 3 rings (SSSR count). The minimum absolute atomic E-state index is 0.293. The van der Waals surface area contributed by atoms with Crippen LogP contribution in [-0.4, -0.2) is 16.2 Å². The zero-order chi connectivity index (χ0) is 17.1. The Labute approximate surface area is 143 Å². The topological polar surface area (TPSA) is 53.2 Å². The van der Waals surface area contributed by atoms with E-state index in [4.69, 9.17) is 16.3 Å². The van der Waals surface area contributed by atoms with Gasteiger partial charge in [0.15, 0.2) is 0 Å². The Hall–Kier alpha value is -2.79. The maximum absolute atomic E-state index is 12.4. The molecular formula is C18H15ClN2O3. The minimum atomic E-state index is -0.623. The summed E-state index contributed by atoms with van der Waals surface area (Å²) in [5.41, 5.74) is 0.206. The predicted molar refractivity (Wildman–Crippen MR) is 93.4 cm³/mol. The van der Waals surface area contributed by atoms with Gasteiger partial charge in [-0.05, 0) is 35.9 Å². The van der Waals surface area contributed by atoms with E-state index in [-0.39, 0.29) is 0 Å². The first-order valence-corrected chi connectivity index (χ1v) is 7.67. The van der Waals surface area contributed by atoms with Gasteiger partial charge < -0.3 is 9.30 Å². The summed E-state index contributed by atoms with van der Waals surface area (Å²) in [7, 11) is 1.58. The molecule has 0 atom stereocenters. The summed E-state index contributed by atoms with van der Waals surface area (Å²) in [5, 5.41) is 0.500. The third-order valence-corrected chi connectivity index (χ3v) is 3.87. The standard InChI is InChI=1S/C18H15ClN2O3/c1-24-16-7-2-4-13(10-16)12-20-8-9-21(18(23)17(20)22)15-6-3-5-14(19)11-15/h2-11H,12H2,1H3. The zero-order valence-corrected chi connectivity index (χ0v) is 13.7. The molecular weight excluding hydrogens is 328 g/mol. The van der Waals surface area contributed by atoms with Crippen LogP contribution in [0.1, 0.15) is 5.56 Å². The van der Waals surface area contributed by atoms with Crippen LogP contribution in [0, 0.1) is 0 Å². The van der Waals surface area contributed by atoms with Crippen LogP contribution in [0.3, 0.4) is 0 Å². The molecule has 3 aromatic rings. The maximum Gasteiger partial charge on any atom is 0.320 e. The summed E-state index contributed by atoms with van der Waals surface area (Å²) in [5.74, 6) is 0.702. The van der Waals surface area contributed by atoms with Crippen molar-refractivity contribution in [2.45, 2.75) is 6.54 Å².